The summed E-state index contributed by atoms with van der Waals surface area (Å²) >= 11 is 0. The third-order valence-corrected chi connectivity index (χ3v) is 2.45. The molecule has 0 radical (unpaired) electrons. The minimum Gasteiger partial charge on any atom is -0.497 e. The Kier molecular flexibility index (Phi) is 3.59. The normalized spacial score (nSPS) is 9.94. The maximum Gasteiger partial charge on any atom is 0.239 e. The largest absolute Gasteiger partial charge is 0.497 e. The van der Waals surface area contributed by atoms with Crippen molar-refractivity contribution in [2.75, 3.05) is 17.9 Å². The molecule has 6 nitrogen and oxygen atoms in total. The number of aryl methyl sites for hydroxylation is 1. The number of hydrazine groups is 1. The van der Waals surface area contributed by atoms with Crippen molar-refractivity contribution in [1.29, 1.82) is 0 Å². The molecule has 1 aromatic carbocycles. The van der Waals surface area contributed by atoms with Crippen LogP contribution in [0.1, 0.15) is 5.56 Å². The van der Waals surface area contributed by atoms with Crippen LogP contribution in [0.2, 0.25) is 0 Å². The summed E-state index contributed by atoms with van der Waals surface area (Å²) in [6.45, 7) is 1.92. The summed E-state index contributed by atoms with van der Waals surface area (Å²) in [7, 11) is 1.64. The minimum absolute atomic E-state index is 0.372. The SMILES string of the molecule is COc1ccc(Nc2nc(NN)ncc2C)cc1. The topological polar surface area (TPSA) is 85.1 Å². The molecule has 6 heteroatoms. The molecule has 94 valence electrons. The zero-order valence-corrected chi connectivity index (χ0v) is 10.3. The third kappa shape index (κ3) is 2.67. The molecule has 2 aromatic rings. The second-order valence-electron chi connectivity index (χ2n) is 3.72. The number of nitrogen functional groups attached to an aromatic ring is 1. The fourth-order valence-corrected chi connectivity index (χ4v) is 1.45. The van der Waals surface area contributed by atoms with Gasteiger partial charge in [0.15, 0.2) is 0 Å². The van der Waals surface area contributed by atoms with Crippen LogP contribution in [0, 0.1) is 6.92 Å². The van der Waals surface area contributed by atoms with Gasteiger partial charge >= 0.3 is 0 Å². The number of hydrogen-bond acceptors (Lipinski definition) is 6. The molecule has 0 fully saturated rings. The highest BCUT2D eigenvalue weighted by molar-refractivity contribution is 5.60. The highest BCUT2D eigenvalue weighted by atomic mass is 16.5. The Labute approximate surface area is 105 Å². The van der Waals surface area contributed by atoms with Gasteiger partial charge in [0.2, 0.25) is 5.95 Å². The summed E-state index contributed by atoms with van der Waals surface area (Å²) in [6.07, 6.45) is 1.70. The van der Waals surface area contributed by atoms with Gasteiger partial charge in [0.1, 0.15) is 11.6 Å². The molecule has 0 unspecified atom stereocenters. The lowest BCUT2D eigenvalue weighted by molar-refractivity contribution is 0.415. The van der Waals surface area contributed by atoms with E-state index < -0.39 is 0 Å². The van der Waals surface area contributed by atoms with Crippen LogP contribution < -0.4 is 21.3 Å². The van der Waals surface area contributed by atoms with Gasteiger partial charge in [-0.3, -0.25) is 5.43 Å². The first kappa shape index (κ1) is 12.1. The molecule has 0 atom stereocenters. The molecule has 0 spiro atoms. The minimum atomic E-state index is 0.372. The molecular weight excluding hydrogens is 230 g/mol. The van der Waals surface area contributed by atoms with Crippen molar-refractivity contribution in [3.63, 3.8) is 0 Å². The lowest BCUT2D eigenvalue weighted by Crippen LogP contribution is -2.11. The van der Waals surface area contributed by atoms with E-state index in [9.17, 15) is 0 Å². The summed E-state index contributed by atoms with van der Waals surface area (Å²) in [5.74, 6) is 7.17. The third-order valence-electron chi connectivity index (χ3n) is 2.45. The Morgan fingerprint density at radius 2 is 1.94 bits per heavy atom. The predicted molar refractivity (Wildman–Crippen MR) is 70.9 cm³/mol. The quantitative estimate of drug-likeness (QED) is 0.563. The summed E-state index contributed by atoms with van der Waals surface area (Å²) in [4.78, 5) is 8.26. The zero-order valence-electron chi connectivity index (χ0n) is 10.3. The van der Waals surface area contributed by atoms with Crippen molar-refractivity contribution in [3.8, 4) is 5.75 Å². The first-order valence-electron chi connectivity index (χ1n) is 5.44. The molecule has 0 saturated carbocycles. The Morgan fingerprint density at radius 3 is 2.56 bits per heavy atom. The number of aromatic nitrogens is 2. The van der Waals surface area contributed by atoms with Crippen molar-refractivity contribution >= 4 is 17.5 Å². The molecule has 18 heavy (non-hydrogen) atoms. The molecule has 0 aliphatic rings. The Bertz CT molecular complexity index is 526. The van der Waals surface area contributed by atoms with Gasteiger partial charge in [0, 0.05) is 17.4 Å². The van der Waals surface area contributed by atoms with Gasteiger partial charge in [-0.05, 0) is 31.2 Å². The van der Waals surface area contributed by atoms with Gasteiger partial charge in [0.05, 0.1) is 7.11 Å². The molecule has 2 rings (SSSR count). The van der Waals surface area contributed by atoms with Gasteiger partial charge in [-0.2, -0.15) is 4.98 Å². The first-order valence-corrected chi connectivity index (χ1v) is 5.44. The molecule has 1 heterocycles. The van der Waals surface area contributed by atoms with Crippen molar-refractivity contribution < 1.29 is 4.74 Å². The summed E-state index contributed by atoms with van der Waals surface area (Å²) in [6, 6.07) is 7.58. The molecule has 0 aliphatic carbocycles. The van der Waals surface area contributed by atoms with Crippen molar-refractivity contribution in [2.45, 2.75) is 6.92 Å². The molecule has 0 amide bonds. The second-order valence-corrected chi connectivity index (χ2v) is 3.72. The van der Waals surface area contributed by atoms with Gasteiger partial charge < -0.3 is 10.1 Å². The predicted octanol–water partition coefficient (Wildman–Crippen LogP) is 1.82. The fourth-order valence-electron chi connectivity index (χ4n) is 1.45. The van der Waals surface area contributed by atoms with E-state index >= 15 is 0 Å². The van der Waals surface area contributed by atoms with Crippen LogP contribution in [-0.2, 0) is 0 Å². The van der Waals surface area contributed by atoms with E-state index in [0.29, 0.717) is 11.8 Å². The summed E-state index contributed by atoms with van der Waals surface area (Å²) in [5, 5.41) is 3.20. The monoisotopic (exact) mass is 245 g/mol. The number of nitrogens with two attached hydrogens (primary N) is 1. The molecule has 0 aliphatic heterocycles. The van der Waals surface area contributed by atoms with Gasteiger partial charge in [-0.1, -0.05) is 0 Å². The van der Waals surface area contributed by atoms with Crippen LogP contribution in [0.15, 0.2) is 30.5 Å². The Hall–Kier alpha value is -2.34. The first-order chi connectivity index (χ1) is 8.72. The number of hydrogen-bond donors (Lipinski definition) is 3. The lowest BCUT2D eigenvalue weighted by atomic mass is 10.3. The fraction of sp³-hybridized carbons (Fsp3) is 0.167. The van der Waals surface area contributed by atoms with Crippen LogP contribution in [0.4, 0.5) is 17.5 Å². The number of benzene rings is 1. The summed E-state index contributed by atoms with van der Waals surface area (Å²) < 4.78 is 5.10. The average Bonchev–Trinajstić information content (AvgIpc) is 2.42. The van der Waals surface area contributed by atoms with Crippen LogP contribution in [0.5, 0.6) is 5.75 Å². The van der Waals surface area contributed by atoms with Gasteiger partial charge in [0.25, 0.3) is 0 Å². The van der Waals surface area contributed by atoms with E-state index in [1.165, 1.54) is 0 Å². The average molecular weight is 245 g/mol. The van der Waals surface area contributed by atoms with Crippen LogP contribution >= 0.6 is 0 Å². The number of methoxy groups -OCH3 is 1. The van der Waals surface area contributed by atoms with E-state index in [0.717, 1.165) is 17.0 Å². The van der Waals surface area contributed by atoms with Gasteiger partial charge in [-0.15, -0.1) is 0 Å². The molecule has 1 aromatic heterocycles. The number of rotatable bonds is 4. The Morgan fingerprint density at radius 1 is 1.22 bits per heavy atom. The summed E-state index contributed by atoms with van der Waals surface area (Å²) in [5.41, 5.74) is 4.27. The zero-order chi connectivity index (χ0) is 13.0. The number of ether oxygens (including phenoxy) is 1. The number of anilines is 3. The van der Waals surface area contributed by atoms with E-state index in [-0.39, 0.29) is 0 Å². The number of nitrogens with zero attached hydrogens (tertiary/aromatic N) is 2. The van der Waals surface area contributed by atoms with Crippen molar-refractivity contribution in [1.82, 2.24) is 9.97 Å². The van der Waals surface area contributed by atoms with E-state index in [1.807, 2.05) is 31.2 Å². The lowest BCUT2D eigenvalue weighted by Gasteiger charge is -2.10. The van der Waals surface area contributed by atoms with E-state index in [4.69, 9.17) is 10.6 Å². The molecule has 0 bridgehead atoms. The molecular formula is C12H15N5O. The van der Waals surface area contributed by atoms with Crippen LogP contribution in [-0.4, -0.2) is 17.1 Å². The molecule has 0 saturated heterocycles. The van der Waals surface area contributed by atoms with E-state index in [1.54, 1.807) is 13.3 Å². The maximum absolute atomic E-state index is 5.28. The van der Waals surface area contributed by atoms with Gasteiger partial charge in [-0.25, -0.2) is 10.8 Å². The number of nitrogens with one attached hydrogen (secondary N) is 2. The van der Waals surface area contributed by atoms with Crippen LogP contribution in [0.3, 0.4) is 0 Å². The molecule has 4 N–H and O–H groups in total. The smallest absolute Gasteiger partial charge is 0.239 e. The maximum atomic E-state index is 5.28. The van der Waals surface area contributed by atoms with Crippen LogP contribution in [0.25, 0.3) is 0 Å². The highest BCUT2D eigenvalue weighted by Gasteiger charge is 2.03. The standard InChI is InChI=1S/C12H15N5O/c1-8-7-14-12(17-13)16-11(8)15-9-3-5-10(18-2)6-4-9/h3-7H,13H2,1-2H3,(H2,14,15,16,17). The van der Waals surface area contributed by atoms with Crippen molar-refractivity contribution in [2.24, 2.45) is 5.84 Å². The van der Waals surface area contributed by atoms with E-state index in [2.05, 4.69) is 20.7 Å². The second kappa shape index (κ2) is 5.33. The van der Waals surface area contributed by atoms with Crippen molar-refractivity contribution in [3.05, 3.63) is 36.0 Å². The Balaban J connectivity index is 2.21. The highest BCUT2D eigenvalue weighted by Crippen LogP contribution is 2.21.